The van der Waals surface area contributed by atoms with Crippen LogP contribution in [0.3, 0.4) is 0 Å². The minimum atomic E-state index is -1.73. The maximum Gasteiger partial charge on any atom is 0.222 e. The summed E-state index contributed by atoms with van der Waals surface area (Å²) < 4.78 is -1.73. The monoisotopic (exact) mass is 205 g/mol. The van der Waals surface area contributed by atoms with Crippen molar-refractivity contribution in [3.8, 4) is 6.07 Å². The summed E-state index contributed by atoms with van der Waals surface area (Å²) in [5.41, 5.74) is 0. The average molecular weight is 207 g/mol. The second-order valence-electron chi connectivity index (χ2n) is 1.61. The summed E-state index contributed by atoms with van der Waals surface area (Å²) in [5, 5.41) is 8.29. The first kappa shape index (κ1) is 9.65. The largest absolute Gasteiger partial charge is 0.222 e. The maximum absolute atomic E-state index is 8.29. The Morgan fingerprint density at radius 3 is 1.56 bits per heavy atom. The van der Waals surface area contributed by atoms with E-state index in [1.807, 2.05) is 0 Å². The summed E-state index contributed by atoms with van der Waals surface area (Å²) in [7, 11) is 0. The van der Waals surface area contributed by atoms with E-state index in [4.69, 9.17) is 51.7 Å². The van der Waals surface area contributed by atoms with Crippen LogP contribution in [0.15, 0.2) is 0 Å². The predicted molar refractivity (Wildman–Crippen MR) is 40.2 cm³/mol. The third-order valence-electron chi connectivity index (χ3n) is 0.742. The molecule has 0 N–H and O–H groups in total. The van der Waals surface area contributed by atoms with E-state index in [1.54, 1.807) is 6.07 Å². The first-order valence-electron chi connectivity index (χ1n) is 1.98. The van der Waals surface area contributed by atoms with Crippen molar-refractivity contribution in [1.82, 2.24) is 0 Å². The van der Waals surface area contributed by atoms with E-state index in [2.05, 4.69) is 0 Å². The van der Waals surface area contributed by atoms with Gasteiger partial charge >= 0.3 is 0 Å². The summed E-state index contributed by atoms with van der Waals surface area (Å²) in [6, 6.07) is 1.65. The molecule has 0 saturated heterocycles. The van der Waals surface area contributed by atoms with Gasteiger partial charge in [-0.3, -0.25) is 0 Å². The molecule has 52 valence electrons. The number of alkyl halides is 4. The molecule has 0 aromatic rings. The summed E-state index contributed by atoms with van der Waals surface area (Å²) >= 11 is 21.3. The lowest BCUT2D eigenvalue weighted by atomic mass is 10.2. The lowest BCUT2D eigenvalue weighted by Gasteiger charge is -2.21. The van der Waals surface area contributed by atoms with E-state index >= 15 is 0 Å². The smallest absolute Gasteiger partial charge is 0.196 e. The minimum Gasteiger partial charge on any atom is -0.196 e. The van der Waals surface area contributed by atoms with Gasteiger partial charge in [0, 0.05) is 0 Å². The van der Waals surface area contributed by atoms with Crippen molar-refractivity contribution in [3.63, 3.8) is 0 Å². The van der Waals surface area contributed by atoms with Crippen LogP contribution in [-0.2, 0) is 0 Å². The van der Waals surface area contributed by atoms with Gasteiger partial charge in [0.2, 0.25) is 3.79 Å². The summed E-state index contributed by atoms with van der Waals surface area (Å²) in [5.74, 6) is 0. The van der Waals surface area contributed by atoms with Gasteiger partial charge in [-0.2, -0.15) is 5.26 Å². The SMILES string of the molecule is CC(Cl)(C#N)C(Cl)(Cl)Cl. The molecule has 0 radical (unpaired) electrons. The second-order valence-corrected chi connectivity index (χ2v) is 4.65. The Bertz CT molecular complexity index is 140. The zero-order valence-corrected chi connectivity index (χ0v) is 7.48. The summed E-state index contributed by atoms with van der Waals surface area (Å²) in [6.45, 7) is 1.33. The molecular formula is C4H3Cl4N. The van der Waals surface area contributed by atoms with Gasteiger partial charge in [-0.15, -0.1) is 0 Å². The van der Waals surface area contributed by atoms with E-state index in [1.165, 1.54) is 6.92 Å². The molecule has 0 fully saturated rings. The molecule has 1 unspecified atom stereocenters. The van der Waals surface area contributed by atoms with Gasteiger partial charge in [-0.1, -0.05) is 46.4 Å². The fourth-order valence-electron chi connectivity index (χ4n) is 0.0634. The van der Waals surface area contributed by atoms with Crippen LogP contribution >= 0.6 is 46.4 Å². The molecule has 0 heterocycles. The van der Waals surface area contributed by atoms with E-state index in [0.29, 0.717) is 0 Å². The summed E-state index contributed by atoms with van der Waals surface area (Å²) in [6.07, 6.45) is 0. The Morgan fingerprint density at radius 1 is 1.22 bits per heavy atom. The molecule has 0 aliphatic carbocycles. The van der Waals surface area contributed by atoms with Gasteiger partial charge in [-0.05, 0) is 6.92 Å². The van der Waals surface area contributed by atoms with E-state index in [9.17, 15) is 0 Å². The topological polar surface area (TPSA) is 23.8 Å². The first-order valence-corrected chi connectivity index (χ1v) is 3.49. The quantitative estimate of drug-likeness (QED) is 0.560. The van der Waals surface area contributed by atoms with Gasteiger partial charge in [0.05, 0.1) is 6.07 Å². The molecule has 0 bridgehead atoms. The molecule has 5 heteroatoms. The van der Waals surface area contributed by atoms with Crippen molar-refractivity contribution in [3.05, 3.63) is 0 Å². The fourth-order valence-corrected chi connectivity index (χ4v) is 0.190. The molecule has 0 rings (SSSR count). The molecule has 0 amide bonds. The van der Waals surface area contributed by atoms with Crippen molar-refractivity contribution in [2.24, 2.45) is 0 Å². The van der Waals surface area contributed by atoms with Crippen LogP contribution in [-0.4, -0.2) is 8.67 Å². The molecule has 0 aromatic carbocycles. The Balaban J connectivity index is 4.39. The van der Waals surface area contributed by atoms with Crippen LogP contribution in [0.4, 0.5) is 0 Å². The normalized spacial score (nSPS) is 18.2. The van der Waals surface area contributed by atoms with Gasteiger partial charge < -0.3 is 0 Å². The van der Waals surface area contributed by atoms with Crippen molar-refractivity contribution in [2.45, 2.75) is 15.6 Å². The molecular weight excluding hydrogens is 204 g/mol. The second kappa shape index (κ2) is 2.72. The van der Waals surface area contributed by atoms with Crippen LogP contribution in [0.25, 0.3) is 0 Å². The molecule has 1 atom stereocenters. The number of halogens is 4. The average Bonchev–Trinajstić information content (AvgIpc) is 1.64. The third kappa shape index (κ3) is 2.39. The van der Waals surface area contributed by atoms with Crippen molar-refractivity contribution in [1.29, 1.82) is 5.26 Å². The highest BCUT2D eigenvalue weighted by Gasteiger charge is 2.43. The lowest BCUT2D eigenvalue weighted by Crippen LogP contribution is -2.31. The van der Waals surface area contributed by atoms with E-state index in [-0.39, 0.29) is 0 Å². The number of nitriles is 1. The van der Waals surface area contributed by atoms with Gasteiger partial charge in [0.1, 0.15) is 0 Å². The highest BCUT2D eigenvalue weighted by Crippen LogP contribution is 2.41. The van der Waals surface area contributed by atoms with Crippen molar-refractivity contribution >= 4 is 46.4 Å². The van der Waals surface area contributed by atoms with Crippen molar-refractivity contribution < 1.29 is 0 Å². The Kier molecular flexibility index (Phi) is 2.91. The van der Waals surface area contributed by atoms with Crippen LogP contribution in [0.2, 0.25) is 0 Å². The zero-order valence-electron chi connectivity index (χ0n) is 4.46. The van der Waals surface area contributed by atoms with Crippen LogP contribution in [0.5, 0.6) is 0 Å². The van der Waals surface area contributed by atoms with Gasteiger partial charge in [-0.25, -0.2) is 0 Å². The van der Waals surface area contributed by atoms with Crippen LogP contribution in [0.1, 0.15) is 6.92 Å². The highest BCUT2D eigenvalue weighted by atomic mass is 35.6. The maximum atomic E-state index is 8.29. The van der Waals surface area contributed by atoms with E-state index in [0.717, 1.165) is 0 Å². The van der Waals surface area contributed by atoms with Crippen LogP contribution in [0, 0.1) is 11.3 Å². The fraction of sp³-hybridized carbons (Fsp3) is 0.750. The Hall–Kier alpha value is 0.650. The molecule has 0 aromatic heterocycles. The van der Waals surface area contributed by atoms with E-state index < -0.39 is 8.67 Å². The molecule has 0 saturated carbocycles. The molecule has 1 nitrogen and oxygen atoms in total. The predicted octanol–water partition coefficient (Wildman–Crippen LogP) is 2.88. The minimum absolute atomic E-state index is 1.33. The van der Waals surface area contributed by atoms with Gasteiger partial charge in [0.15, 0.2) is 4.87 Å². The molecule has 0 spiro atoms. The van der Waals surface area contributed by atoms with Crippen molar-refractivity contribution in [2.75, 3.05) is 0 Å². The summed E-state index contributed by atoms with van der Waals surface area (Å²) in [4.78, 5) is -1.45. The third-order valence-corrected chi connectivity index (χ3v) is 2.53. The Labute approximate surface area is 73.4 Å². The number of hydrogen-bond donors (Lipinski definition) is 0. The zero-order chi connectivity index (χ0) is 7.71. The number of rotatable bonds is 0. The first-order chi connectivity index (χ1) is 3.81. The molecule has 0 aliphatic rings. The number of hydrogen-bond acceptors (Lipinski definition) is 1. The Morgan fingerprint density at radius 2 is 1.56 bits per heavy atom. The highest BCUT2D eigenvalue weighted by molar-refractivity contribution is 6.71. The molecule has 0 aliphatic heterocycles. The van der Waals surface area contributed by atoms with Crippen LogP contribution < -0.4 is 0 Å². The van der Waals surface area contributed by atoms with Gasteiger partial charge in [0.25, 0.3) is 0 Å². The number of nitrogens with zero attached hydrogens (tertiary/aromatic N) is 1. The lowest BCUT2D eigenvalue weighted by molar-refractivity contribution is 0.815. The molecule has 9 heavy (non-hydrogen) atoms. The standard InChI is InChI=1S/C4H3Cl4N/c1-3(5,2-9)4(6,7)8/h1H3.